The van der Waals surface area contributed by atoms with E-state index in [9.17, 15) is 0 Å². The number of rotatable bonds is 8. The molecule has 17 rings (SSSR count). The van der Waals surface area contributed by atoms with E-state index in [1.54, 1.807) is 0 Å². The first kappa shape index (κ1) is 51.1. The third-order valence-corrected chi connectivity index (χ3v) is 19.7. The number of aryl methyl sites for hydroxylation is 2. The summed E-state index contributed by atoms with van der Waals surface area (Å²) in [6, 6.07) is 83.7. The lowest BCUT2D eigenvalue weighted by atomic mass is 9.85. The van der Waals surface area contributed by atoms with E-state index < -0.39 is 0 Å². The predicted octanol–water partition coefficient (Wildman–Crippen LogP) is 22.6. The van der Waals surface area contributed by atoms with E-state index in [1.807, 2.05) is 0 Å². The zero-order valence-electron chi connectivity index (χ0n) is 50.2. The Labute approximate surface area is 503 Å². The lowest BCUT2D eigenvalue weighted by molar-refractivity contribution is 0.594. The molecule has 11 aromatic carbocycles. The zero-order chi connectivity index (χ0) is 57.7. The van der Waals surface area contributed by atoms with Gasteiger partial charge in [0.05, 0.1) is 55.8 Å². The molecule has 0 bridgehead atoms. The lowest BCUT2D eigenvalue weighted by Gasteiger charge is -2.33. The van der Waals surface area contributed by atoms with Crippen molar-refractivity contribution in [3.05, 3.63) is 252 Å². The SMILES string of the molecule is CC(C)(C)c1cccc2c3c(N(c4ccccc4)c4c(-c5ccccc5)ccc5c4CCCC5)ccc4c5cc6c(cc5n(c12)c43)c1ccc(N(c2ccccc2)c2c(-c3ccccc3)ccc3c2CCCC3)c2c3cccc(C(C)(C)C)c3n6c12. The minimum atomic E-state index is -0.142. The van der Waals surface area contributed by atoms with Crippen LogP contribution in [0.25, 0.3) is 98.4 Å². The number of fused-ring (bicyclic) bond motifs is 14. The van der Waals surface area contributed by atoms with Gasteiger partial charge in [0.1, 0.15) is 0 Å². The van der Waals surface area contributed by atoms with Gasteiger partial charge < -0.3 is 18.6 Å². The van der Waals surface area contributed by atoms with Crippen LogP contribution in [0.1, 0.15) is 101 Å². The van der Waals surface area contributed by atoms with E-state index in [0.29, 0.717) is 0 Å². The standard InChI is InChI=1S/C82H70N4/c1-81(2,3)67-39-23-37-63-73-69(83(55-31-15-9-16-32-55)75-57-35-21-19-29-53(57)41-43-59(75)51-25-11-7-12-26-51)47-45-61-65-50-72-66(49-71(65)85(77(63)67)79(61)73)62-46-48-70(74-64-38-24-40-68(82(4,5)6)78(64)86(72)80(62)74)84(56-33-17-10-18-34-56)76-58-36-22-20-30-54(58)42-44-60(76)52-27-13-8-14-28-52/h7-18,23-28,31-34,37-50H,19-22,29-30,35-36H2,1-6H3. The van der Waals surface area contributed by atoms with E-state index in [4.69, 9.17) is 0 Å². The monoisotopic (exact) mass is 1110 g/mol. The second-order valence-electron chi connectivity index (χ2n) is 26.9. The summed E-state index contributed by atoms with van der Waals surface area (Å²) in [4.78, 5) is 5.30. The maximum absolute atomic E-state index is 2.69. The van der Waals surface area contributed by atoms with Gasteiger partial charge in [-0.3, -0.25) is 0 Å². The van der Waals surface area contributed by atoms with Crippen molar-refractivity contribution in [2.75, 3.05) is 9.80 Å². The Bertz CT molecular complexity index is 4840. The second kappa shape index (κ2) is 19.1. The van der Waals surface area contributed by atoms with Gasteiger partial charge in [0.15, 0.2) is 0 Å². The fraction of sp³-hybridized carbons (Fsp3) is 0.195. The highest BCUT2D eigenvalue weighted by atomic mass is 15.2. The summed E-state index contributed by atoms with van der Waals surface area (Å²) in [5, 5.41) is 10.3. The molecule has 0 fully saturated rings. The molecule has 86 heavy (non-hydrogen) atoms. The Kier molecular flexibility index (Phi) is 11.3. The average Bonchev–Trinajstić information content (AvgIpc) is 1.63. The molecule has 0 spiro atoms. The first-order chi connectivity index (χ1) is 42.0. The Morgan fingerprint density at radius 2 is 0.709 bits per heavy atom. The molecule has 0 N–H and O–H groups in total. The van der Waals surface area contributed by atoms with Crippen LogP contribution in [0.15, 0.2) is 218 Å². The van der Waals surface area contributed by atoms with Crippen molar-refractivity contribution in [3.8, 4) is 22.3 Å². The maximum atomic E-state index is 2.69. The molecule has 2 aliphatic rings. The van der Waals surface area contributed by atoms with Gasteiger partial charge in [0.2, 0.25) is 0 Å². The van der Waals surface area contributed by atoms with Crippen molar-refractivity contribution < 1.29 is 0 Å². The van der Waals surface area contributed by atoms with E-state index in [2.05, 4.69) is 279 Å². The molecule has 0 amide bonds. The van der Waals surface area contributed by atoms with Crippen molar-refractivity contribution in [2.45, 2.75) is 104 Å². The third kappa shape index (κ3) is 7.47. The van der Waals surface area contributed by atoms with Crippen LogP contribution in [-0.4, -0.2) is 8.80 Å². The summed E-state index contributed by atoms with van der Waals surface area (Å²) in [6.45, 7) is 14.3. The van der Waals surface area contributed by atoms with E-state index in [0.717, 1.165) is 25.7 Å². The second-order valence-corrected chi connectivity index (χ2v) is 26.9. The highest BCUT2D eigenvalue weighted by Crippen LogP contribution is 2.56. The van der Waals surface area contributed by atoms with Crippen molar-refractivity contribution in [1.29, 1.82) is 0 Å². The predicted molar refractivity (Wildman–Crippen MR) is 367 cm³/mol. The molecule has 15 aromatic rings. The topological polar surface area (TPSA) is 15.3 Å². The number of anilines is 6. The van der Waals surface area contributed by atoms with Crippen molar-refractivity contribution in [1.82, 2.24) is 8.80 Å². The quantitative estimate of drug-likeness (QED) is 0.151. The normalized spacial score (nSPS) is 14.0. The molecule has 4 nitrogen and oxygen atoms in total. The van der Waals surface area contributed by atoms with Gasteiger partial charge in [-0.15, -0.1) is 0 Å². The molecular formula is C82H70N4. The van der Waals surface area contributed by atoms with Crippen LogP contribution in [0.3, 0.4) is 0 Å². The van der Waals surface area contributed by atoms with E-state index >= 15 is 0 Å². The number of aromatic nitrogens is 2. The summed E-state index contributed by atoms with van der Waals surface area (Å²) in [6.07, 6.45) is 9.11. The number of para-hydroxylation sites is 4. The van der Waals surface area contributed by atoms with Gasteiger partial charge in [0.25, 0.3) is 0 Å². The Balaban J connectivity index is 1.00. The van der Waals surface area contributed by atoms with Gasteiger partial charge in [-0.1, -0.05) is 211 Å². The molecule has 4 heteroatoms. The summed E-state index contributed by atoms with van der Waals surface area (Å²) < 4.78 is 5.39. The number of nitrogens with zero attached hydrogens (tertiary/aromatic N) is 4. The minimum Gasteiger partial charge on any atom is -0.309 e. The summed E-state index contributed by atoms with van der Waals surface area (Å²) in [7, 11) is 0. The first-order valence-electron chi connectivity index (χ1n) is 31.5. The van der Waals surface area contributed by atoms with Gasteiger partial charge >= 0.3 is 0 Å². The fourth-order valence-corrected chi connectivity index (χ4v) is 16.0. The van der Waals surface area contributed by atoms with Crippen molar-refractivity contribution >= 4 is 110 Å². The minimum absolute atomic E-state index is 0.142. The maximum Gasteiger partial charge on any atom is 0.0641 e. The molecule has 0 aliphatic heterocycles. The van der Waals surface area contributed by atoms with Crippen LogP contribution >= 0.6 is 0 Å². The Morgan fingerprint density at radius 1 is 0.326 bits per heavy atom. The number of benzene rings is 11. The molecule has 0 saturated carbocycles. The molecule has 2 aliphatic carbocycles. The summed E-state index contributed by atoms with van der Waals surface area (Å²) >= 11 is 0. The van der Waals surface area contributed by atoms with Gasteiger partial charge in [-0.2, -0.15) is 0 Å². The van der Waals surface area contributed by atoms with Gasteiger partial charge in [-0.05, 0) is 155 Å². The summed E-state index contributed by atoms with van der Waals surface area (Å²) in [5.41, 5.74) is 28.4. The third-order valence-electron chi connectivity index (χ3n) is 19.7. The van der Waals surface area contributed by atoms with Gasteiger partial charge in [0, 0.05) is 65.6 Å². The molecule has 4 heterocycles. The highest BCUT2D eigenvalue weighted by Gasteiger charge is 2.34. The van der Waals surface area contributed by atoms with Gasteiger partial charge in [-0.25, -0.2) is 0 Å². The fourth-order valence-electron chi connectivity index (χ4n) is 16.0. The molecule has 0 unspecified atom stereocenters. The molecule has 0 atom stereocenters. The number of hydrogen-bond acceptors (Lipinski definition) is 2. The van der Waals surface area contributed by atoms with Crippen LogP contribution < -0.4 is 9.80 Å². The van der Waals surface area contributed by atoms with Crippen LogP contribution in [0.5, 0.6) is 0 Å². The van der Waals surface area contributed by atoms with E-state index in [1.165, 1.54) is 192 Å². The molecule has 4 aromatic heterocycles. The van der Waals surface area contributed by atoms with Crippen molar-refractivity contribution in [3.63, 3.8) is 0 Å². The number of hydrogen-bond donors (Lipinski definition) is 0. The zero-order valence-corrected chi connectivity index (χ0v) is 50.2. The average molecular weight is 1110 g/mol. The van der Waals surface area contributed by atoms with Crippen molar-refractivity contribution in [2.24, 2.45) is 0 Å². The molecule has 0 saturated heterocycles. The smallest absolute Gasteiger partial charge is 0.0641 e. The molecule has 418 valence electrons. The largest absolute Gasteiger partial charge is 0.309 e. The van der Waals surface area contributed by atoms with Crippen LogP contribution in [-0.2, 0) is 36.5 Å². The molecular weight excluding hydrogens is 1040 g/mol. The Hall–Kier alpha value is -9.38. The first-order valence-corrected chi connectivity index (χ1v) is 31.5. The van der Waals surface area contributed by atoms with E-state index in [-0.39, 0.29) is 10.8 Å². The van der Waals surface area contributed by atoms with Crippen LogP contribution in [0.2, 0.25) is 0 Å². The molecule has 0 radical (unpaired) electrons. The van der Waals surface area contributed by atoms with Crippen LogP contribution in [0.4, 0.5) is 34.1 Å². The highest BCUT2D eigenvalue weighted by molar-refractivity contribution is 6.33. The van der Waals surface area contributed by atoms with Crippen LogP contribution in [0, 0.1) is 0 Å². The lowest BCUT2D eigenvalue weighted by Crippen LogP contribution is -2.17. The summed E-state index contributed by atoms with van der Waals surface area (Å²) in [5.74, 6) is 0. The Morgan fingerprint density at radius 3 is 1.10 bits per heavy atom.